The van der Waals surface area contributed by atoms with Gasteiger partial charge >= 0.3 is 0 Å². The van der Waals surface area contributed by atoms with Crippen molar-refractivity contribution in [1.29, 1.82) is 0 Å². The summed E-state index contributed by atoms with van der Waals surface area (Å²) in [5.41, 5.74) is 0.105. The molecule has 0 bridgehead atoms. The van der Waals surface area contributed by atoms with Crippen LogP contribution in [0.5, 0.6) is 0 Å². The zero-order valence-corrected chi connectivity index (χ0v) is 10.1. The molecule has 4 heteroatoms. The molecule has 0 amide bonds. The summed E-state index contributed by atoms with van der Waals surface area (Å²) in [5.74, 6) is -1.39. The standard InChI is InChI=1S/C12H14F2OS/c1-3-8(2)16-7-12(15)9-4-10(13)6-11(14)5-9/h4-6,8H,3,7H2,1-2H3. The van der Waals surface area contributed by atoms with Crippen LogP contribution in [0.3, 0.4) is 0 Å². The Bertz CT molecular complexity index is 359. The summed E-state index contributed by atoms with van der Waals surface area (Å²) in [6.07, 6.45) is 0.968. The van der Waals surface area contributed by atoms with Crippen molar-refractivity contribution in [2.75, 3.05) is 5.75 Å². The fraction of sp³-hybridized carbons (Fsp3) is 0.417. The first-order valence-corrected chi connectivity index (χ1v) is 6.18. The van der Waals surface area contributed by atoms with Crippen molar-refractivity contribution in [2.45, 2.75) is 25.5 Å². The van der Waals surface area contributed by atoms with E-state index in [2.05, 4.69) is 0 Å². The lowest BCUT2D eigenvalue weighted by atomic mass is 10.1. The maximum atomic E-state index is 12.9. The fourth-order valence-electron chi connectivity index (χ4n) is 1.13. The molecule has 0 aromatic heterocycles. The lowest BCUT2D eigenvalue weighted by Crippen LogP contribution is -2.07. The van der Waals surface area contributed by atoms with Crippen molar-refractivity contribution < 1.29 is 13.6 Å². The zero-order chi connectivity index (χ0) is 12.1. The van der Waals surface area contributed by atoms with Crippen molar-refractivity contribution in [3.63, 3.8) is 0 Å². The molecule has 0 N–H and O–H groups in total. The molecule has 0 heterocycles. The average Bonchev–Trinajstić information content (AvgIpc) is 2.23. The van der Waals surface area contributed by atoms with E-state index in [1.165, 1.54) is 11.8 Å². The summed E-state index contributed by atoms with van der Waals surface area (Å²) in [6.45, 7) is 4.05. The third-order valence-electron chi connectivity index (χ3n) is 2.26. The number of hydrogen-bond donors (Lipinski definition) is 0. The second kappa shape index (κ2) is 5.99. The minimum absolute atomic E-state index is 0.105. The topological polar surface area (TPSA) is 17.1 Å². The first-order chi connectivity index (χ1) is 7.52. The lowest BCUT2D eigenvalue weighted by Gasteiger charge is -2.07. The summed E-state index contributed by atoms with van der Waals surface area (Å²) in [6, 6.07) is 2.91. The number of ketones is 1. The quantitative estimate of drug-likeness (QED) is 0.735. The van der Waals surface area contributed by atoms with Crippen molar-refractivity contribution in [1.82, 2.24) is 0 Å². The molecular formula is C12H14F2OS. The molecule has 1 nitrogen and oxygen atoms in total. The Morgan fingerprint density at radius 3 is 2.38 bits per heavy atom. The predicted molar refractivity (Wildman–Crippen MR) is 62.9 cm³/mol. The Balaban J connectivity index is 2.66. The second-order valence-corrected chi connectivity index (χ2v) is 5.04. The molecule has 1 unspecified atom stereocenters. The van der Waals surface area contributed by atoms with Crippen LogP contribution in [0.15, 0.2) is 18.2 Å². The molecule has 0 aliphatic carbocycles. The maximum absolute atomic E-state index is 12.9. The Hall–Kier alpha value is -0.900. The minimum Gasteiger partial charge on any atom is -0.293 e. The van der Waals surface area contributed by atoms with E-state index in [0.29, 0.717) is 5.25 Å². The molecule has 1 aromatic rings. The lowest BCUT2D eigenvalue weighted by molar-refractivity contribution is 0.102. The van der Waals surface area contributed by atoms with Crippen LogP contribution in [0.25, 0.3) is 0 Å². The second-order valence-electron chi connectivity index (χ2n) is 3.61. The third kappa shape index (κ3) is 3.93. The van der Waals surface area contributed by atoms with Gasteiger partial charge in [-0.05, 0) is 18.6 Å². The van der Waals surface area contributed by atoms with Gasteiger partial charge in [-0.2, -0.15) is 11.8 Å². The molecule has 0 fully saturated rings. The van der Waals surface area contributed by atoms with E-state index in [-0.39, 0.29) is 17.1 Å². The van der Waals surface area contributed by atoms with Gasteiger partial charge in [-0.25, -0.2) is 8.78 Å². The number of carbonyl (C=O) groups excluding carboxylic acids is 1. The molecule has 0 aliphatic rings. The van der Waals surface area contributed by atoms with Crippen LogP contribution in [0.1, 0.15) is 30.6 Å². The van der Waals surface area contributed by atoms with E-state index in [1.807, 2.05) is 13.8 Å². The van der Waals surface area contributed by atoms with Gasteiger partial charge < -0.3 is 0 Å². The molecule has 0 saturated heterocycles. The highest BCUT2D eigenvalue weighted by Crippen LogP contribution is 2.16. The molecule has 0 radical (unpaired) electrons. The summed E-state index contributed by atoms with van der Waals surface area (Å²) >= 11 is 1.50. The van der Waals surface area contributed by atoms with Crippen LogP contribution in [-0.2, 0) is 0 Å². The predicted octanol–water partition coefficient (Wildman–Crippen LogP) is 3.68. The molecule has 88 valence electrons. The molecule has 0 saturated carbocycles. The number of rotatable bonds is 5. The fourth-order valence-corrected chi connectivity index (χ4v) is 1.97. The van der Waals surface area contributed by atoms with Crippen LogP contribution in [0.2, 0.25) is 0 Å². The van der Waals surface area contributed by atoms with Gasteiger partial charge in [-0.1, -0.05) is 13.8 Å². The Kier molecular flexibility index (Phi) is 4.93. The van der Waals surface area contributed by atoms with Crippen molar-refractivity contribution in [3.8, 4) is 0 Å². The normalized spacial score (nSPS) is 12.5. The van der Waals surface area contributed by atoms with Crippen LogP contribution >= 0.6 is 11.8 Å². The van der Waals surface area contributed by atoms with E-state index < -0.39 is 11.6 Å². The van der Waals surface area contributed by atoms with Crippen molar-refractivity contribution in [3.05, 3.63) is 35.4 Å². The van der Waals surface area contributed by atoms with Gasteiger partial charge in [0.2, 0.25) is 0 Å². The van der Waals surface area contributed by atoms with E-state index >= 15 is 0 Å². The Labute approximate surface area is 98.2 Å². The van der Waals surface area contributed by atoms with Gasteiger partial charge in [0.15, 0.2) is 5.78 Å². The van der Waals surface area contributed by atoms with Crippen molar-refractivity contribution >= 4 is 17.5 Å². The Morgan fingerprint density at radius 2 is 1.88 bits per heavy atom. The highest BCUT2D eigenvalue weighted by atomic mass is 32.2. The maximum Gasteiger partial charge on any atom is 0.172 e. The molecule has 0 spiro atoms. The largest absolute Gasteiger partial charge is 0.293 e. The number of Topliss-reactive ketones (excluding diaryl/α,β-unsaturated/α-hetero) is 1. The highest BCUT2D eigenvalue weighted by Gasteiger charge is 2.10. The first-order valence-electron chi connectivity index (χ1n) is 5.13. The van der Waals surface area contributed by atoms with E-state index in [4.69, 9.17) is 0 Å². The van der Waals surface area contributed by atoms with E-state index in [9.17, 15) is 13.6 Å². The summed E-state index contributed by atoms with van der Waals surface area (Å²) in [7, 11) is 0. The van der Waals surface area contributed by atoms with Gasteiger partial charge in [0.05, 0.1) is 5.75 Å². The van der Waals surface area contributed by atoms with Gasteiger partial charge in [-0.3, -0.25) is 4.79 Å². The highest BCUT2D eigenvalue weighted by molar-refractivity contribution is 8.00. The zero-order valence-electron chi connectivity index (χ0n) is 9.30. The van der Waals surface area contributed by atoms with Crippen LogP contribution in [0.4, 0.5) is 8.78 Å². The number of hydrogen-bond acceptors (Lipinski definition) is 2. The summed E-state index contributed by atoms with van der Waals surface area (Å²) < 4.78 is 25.7. The Morgan fingerprint density at radius 1 is 1.31 bits per heavy atom. The monoisotopic (exact) mass is 244 g/mol. The van der Waals surface area contributed by atoms with Gasteiger partial charge in [0.25, 0.3) is 0 Å². The minimum atomic E-state index is -0.711. The SMILES string of the molecule is CCC(C)SCC(=O)c1cc(F)cc(F)c1. The molecule has 1 atom stereocenters. The molecule has 16 heavy (non-hydrogen) atoms. The molecule has 1 aromatic carbocycles. The van der Waals surface area contributed by atoms with Gasteiger partial charge in [-0.15, -0.1) is 0 Å². The number of halogens is 2. The smallest absolute Gasteiger partial charge is 0.172 e. The van der Waals surface area contributed by atoms with Crippen molar-refractivity contribution in [2.24, 2.45) is 0 Å². The van der Waals surface area contributed by atoms with Crippen LogP contribution < -0.4 is 0 Å². The number of carbonyl (C=O) groups is 1. The van der Waals surface area contributed by atoms with Gasteiger partial charge in [0, 0.05) is 16.9 Å². The summed E-state index contributed by atoms with van der Waals surface area (Å²) in [4.78, 5) is 11.6. The van der Waals surface area contributed by atoms with Gasteiger partial charge in [0.1, 0.15) is 11.6 Å². The number of benzene rings is 1. The summed E-state index contributed by atoms with van der Waals surface area (Å²) in [5, 5.41) is 0.377. The number of thioether (sulfide) groups is 1. The molecular weight excluding hydrogens is 230 g/mol. The molecule has 0 aliphatic heterocycles. The van der Waals surface area contributed by atoms with E-state index in [0.717, 1.165) is 24.6 Å². The average molecular weight is 244 g/mol. The molecule has 1 rings (SSSR count). The van der Waals surface area contributed by atoms with E-state index in [1.54, 1.807) is 0 Å². The van der Waals surface area contributed by atoms with Crippen LogP contribution in [-0.4, -0.2) is 16.8 Å². The third-order valence-corrected chi connectivity index (χ3v) is 3.59. The van der Waals surface area contributed by atoms with Crippen LogP contribution in [0, 0.1) is 11.6 Å². The first kappa shape index (κ1) is 13.2.